The molecule has 0 aromatic heterocycles. The summed E-state index contributed by atoms with van der Waals surface area (Å²) >= 11 is 0. The number of amides is 1. The van der Waals surface area contributed by atoms with E-state index in [-0.39, 0.29) is 11.9 Å². The average Bonchev–Trinajstić information content (AvgIpc) is 3.19. The summed E-state index contributed by atoms with van der Waals surface area (Å²) in [6, 6.07) is 6.65. The first-order chi connectivity index (χ1) is 12.6. The standard InChI is InChI=1S/C22H32N2O2/c1-15-3-4-17(13-24-8-5-18(14-24)20-11-16(20)2)12-21(15)22(25)23-19-6-9-26-10-7-19/h3-4,12,16,18-20H,5-11,13-14H2,1-2H3,(H,23,25)/t16?,18-,20?/m0/s1. The maximum atomic E-state index is 12.7. The summed E-state index contributed by atoms with van der Waals surface area (Å²) in [6.45, 7) is 9.31. The van der Waals surface area contributed by atoms with Crippen LogP contribution in [0.3, 0.4) is 0 Å². The summed E-state index contributed by atoms with van der Waals surface area (Å²) < 4.78 is 5.38. The molecule has 3 atom stereocenters. The Bertz CT molecular complexity index is 654. The summed E-state index contributed by atoms with van der Waals surface area (Å²) in [5.74, 6) is 2.88. The molecular weight excluding hydrogens is 324 g/mol. The third-order valence-corrected chi connectivity index (χ3v) is 6.60. The molecule has 1 N–H and O–H groups in total. The van der Waals surface area contributed by atoms with E-state index in [1.165, 1.54) is 31.5 Å². The van der Waals surface area contributed by atoms with E-state index in [0.29, 0.717) is 0 Å². The van der Waals surface area contributed by atoms with Crippen molar-refractivity contribution in [3.63, 3.8) is 0 Å². The fourth-order valence-corrected chi connectivity index (χ4v) is 4.74. The predicted octanol–water partition coefficient (Wildman–Crippen LogP) is 3.38. The molecule has 0 spiro atoms. The van der Waals surface area contributed by atoms with Gasteiger partial charge in [-0.2, -0.15) is 0 Å². The minimum atomic E-state index is 0.0716. The van der Waals surface area contributed by atoms with Crippen molar-refractivity contribution in [1.82, 2.24) is 10.2 Å². The van der Waals surface area contributed by atoms with Gasteiger partial charge in [-0.25, -0.2) is 0 Å². The Morgan fingerprint density at radius 3 is 2.77 bits per heavy atom. The van der Waals surface area contributed by atoms with Gasteiger partial charge in [-0.15, -0.1) is 0 Å². The molecule has 4 rings (SSSR count). The molecule has 2 aliphatic heterocycles. The first-order valence-corrected chi connectivity index (χ1v) is 10.3. The monoisotopic (exact) mass is 356 g/mol. The van der Waals surface area contributed by atoms with Gasteiger partial charge in [-0.1, -0.05) is 19.1 Å². The molecule has 142 valence electrons. The van der Waals surface area contributed by atoms with Gasteiger partial charge in [0.1, 0.15) is 0 Å². The largest absolute Gasteiger partial charge is 0.381 e. The van der Waals surface area contributed by atoms with Crippen molar-refractivity contribution in [3.05, 3.63) is 34.9 Å². The molecule has 0 radical (unpaired) electrons. The minimum absolute atomic E-state index is 0.0716. The van der Waals surface area contributed by atoms with E-state index in [9.17, 15) is 4.79 Å². The molecular formula is C22H32N2O2. The number of nitrogens with one attached hydrogen (secondary N) is 1. The predicted molar refractivity (Wildman–Crippen MR) is 103 cm³/mol. The number of ether oxygens (including phenoxy) is 1. The topological polar surface area (TPSA) is 41.6 Å². The lowest BCUT2D eigenvalue weighted by atomic mass is 10.0. The van der Waals surface area contributed by atoms with E-state index in [2.05, 4.69) is 35.3 Å². The molecule has 3 aliphatic rings. The van der Waals surface area contributed by atoms with Crippen LogP contribution in [0.1, 0.15) is 54.1 Å². The Labute approximate surface area is 157 Å². The zero-order chi connectivity index (χ0) is 18.1. The highest BCUT2D eigenvalue weighted by Crippen LogP contribution is 2.47. The normalized spacial score (nSPS) is 29.7. The lowest BCUT2D eigenvalue weighted by molar-refractivity contribution is 0.0696. The molecule has 1 saturated carbocycles. The molecule has 0 bridgehead atoms. The third-order valence-electron chi connectivity index (χ3n) is 6.60. The fourth-order valence-electron chi connectivity index (χ4n) is 4.74. The van der Waals surface area contributed by atoms with Gasteiger partial charge in [0, 0.05) is 37.9 Å². The third kappa shape index (κ3) is 4.12. The molecule has 1 aromatic rings. The molecule has 2 saturated heterocycles. The molecule has 1 amide bonds. The summed E-state index contributed by atoms with van der Waals surface area (Å²) in [5, 5.41) is 3.20. The molecule has 1 aromatic carbocycles. The van der Waals surface area contributed by atoms with Crippen molar-refractivity contribution in [2.24, 2.45) is 17.8 Å². The maximum Gasteiger partial charge on any atom is 0.251 e. The number of aryl methyl sites for hydroxylation is 1. The number of nitrogens with zero attached hydrogens (tertiary/aromatic N) is 1. The summed E-state index contributed by atoms with van der Waals surface area (Å²) in [6.07, 6.45) is 4.61. The number of rotatable bonds is 5. The van der Waals surface area contributed by atoms with Gasteiger partial charge < -0.3 is 10.1 Å². The minimum Gasteiger partial charge on any atom is -0.381 e. The molecule has 1 aliphatic carbocycles. The molecule has 4 nitrogen and oxygen atoms in total. The Morgan fingerprint density at radius 1 is 1.27 bits per heavy atom. The number of benzene rings is 1. The van der Waals surface area contributed by atoms with Crippen LogP contribution in [0, 0.1) is 24.7 Å². The highest BCUT2D eigenvalue weighted by Gasteiger charge is 2.41. The fraction of sp³-hybridized carbons (Fsp3) is 0.682. The highest BCUT2D eigenvalue weighted by atomic mass is 16.5. The lowest BCUT2D eigenvalue weighted by Gasteiger charge is -2.23. The lowest BCUT2D eigenvalue weighted by Crippen LogP contribution is -2.39. The van der Waals surface area contributed by atoms with Crippen molar-refractivity contribution >= 4 is 5.91 Å². The zero-order valence-electron chi connectivity index (χ0n) is 16.2. The van der Waals surface area contributed by atoms with E-state index in [4.69, 9.17) is 4.74 Å². The van der Waals surface area contributed by atoms with Crippen LogP contribution in [0.4, 0.5) is 0 Å². The van der Waals surface area contributed by atoms with Gasteiger partial charge in [0.15, 0.2) is 0 Å². The van der Waals surface area contributed by atoms with E-state index < -0.39 is 0 Å². The van der Waals surface area contributed by atoms with Crippen molar-refractivity contribution in [2.45, 2.75) is 52.1 Å². The second-order valence-electron chi connectivity index (χ2n) is 8.67. The van der Waals surface area contributed by atoms with Crippen molar-refractivity contribution in [3.8, 4) is 0 Å². The highest BCUT2D eigenvalue weighted by molar-refractivity contribution is 5.96. The van der Waals surface area contributed by atoms with Crippen molar-refractivity contribution in [2.75, 3.05) is 26.3 Å². The second-order valence-corrected chi connectivity index (χ2v) is 8.67. The van der Waals surface area contributed by atoms with Crippen LogP contribution in [-0.4, -0.2) is 43.2 Å². The van der Waals surface area contributed by atoms with E-state index in [1.807, 2.05) is 6.92 Å². The zero-order valence-corrected chi connectivity index (χ0v) is 16.2. The van der Waals surface area contributed by atoms with Gasteiger partial charge in [0.05, 0.1) is 0 Å². The van der Waals surface area contributed by atoms with Crippen LogP contribution in [0.25, 0.3) is 0 Å². The second kappa shape index (κ2) is 7.69. The molecule has 26 heavy (non-hydrogen) atoms. The maximum absolute atomic E-state index is 12.7. The number of carbonyl (C=O) groups excluding carboxylic acids is 1. The van der Waals surface area contributed by atoms with Gasteiger partial charge in [0.25, 0.3) is 5.91 Å². The van der Waals surface area contributed by atoms with Gasteiger partial charge in [0.2, 0.25) is 0 Å². The molecule has 4 heteroatoms. The number of likely N-dealkylation sites (tertiary alicyclic amines) is 1. The summed E-state index contributed by atoms with van der Waals surface area (Å²) in [7, 11) is 0. The Morgan fingerprint density at radius 2 is 2.04 bits per heavy atom. The number of carbonyl (C=O) groups is 1. The van der Waals surface area contributed by atoms with Crippen LogP contribution in [0.2, 0.25) is 0 Å². The van der Waals surface area contributed by atoms with Crippen LogP contribution < -0.4 is 5.32 Å². The van der Waals surface area contributed by atoms with E-state index >= 15 is 0 Å². The Kier molecular flexibility index (Phi) is 5.32. The first-order valence-electron chi connectivity index (χ1n) is 10.3. The van der Waals surface area contributed by atoms with Crippen LogP contribution >= 0.6 is 0 Å². The Balaban J connectivity index is 1.37. The summed E-state index contributed by atoms with van der Waals surface area (Å²) in [4.78, 5) is 15.3. The molecule has 2 heterocycles. The average molecular weight is 357 g/mol. The van der Waals surface area contributed by atoms with E-state index in [0.717, 1.165) is 61.5 Å². The smallest absolute Gasteiger partial charge is 0.251 e. The van der Waals surface area contributed by atoms with Crippen LogP contribution in [-0.2, 0) is 11.3 Å². The van der Waals surface area contributed by atoms with Crippen LogP contribution in [0.15, 0.2) is 18.2 Å². The van der Waals surface area contributed by atoms with E-state index in [1.54, 1.807) is 0 Å². The van der Waals surface area contributed by atoms with Gasteiger partial charge in [-0.05, 0) is 74.1 Å². The number of hydrogen-bond donors (Lipinski definition) is 1. The van der Waals surface area contributed by atoms with Crippen molar-refractivity contribution in [1.29, 1.82) is 0 Å². The Hall–Kier alpha value is -1.39. The van der Waals surface area contributed by atoms with Gasteiger partial charge in [-0.3, -0.25) is 9.69 Å². The molecule has 3 fully saturated rings. The SMILES string of the molecule is Cc1ccc(CN2CC[C@H](C3CC3C)C2)cc1C(=O)NC1CCOCC1. The first kappa shape index (κ1) is 18.0. The van der Waals surface area contributed by atoms with Crippen molar-refractivity contribution < 1.29 is 9.53 Å². The summed E-state index contributed by atoms with van der Waals surface area (Å²) in [5.41, 5.74) is 3.15. The quantitative estimate of drug-likeness (QED) is 0.879. The number of hydrogen-bond acceptors (Lipinski definition) is 3. The molecule has 2 unspecified atom stereocenters. The van der Waals surface area contributed by atoms with Crippen LogP contribution in [0.5, 0.6) is 0 Å². The van der Waals surface area contributed by atoms with Gasteiger partial charge >= 0.3 is 0 Å².